The Kier molecular flexibility index (Phi) is 11.2. The molecular formula is C79H50N4. The van der Waals surface area contributed by atoms with Crippen LogP contribution in [0.2, 0.25) is 0 Å². The van der Waals surface area contributed by atoms with Gasteiger partial charge in [0.2, 0.25) is 0 Å². The van der Waals surface area contributed by atoms with Gasteiger partial charge < -0.3 is 13.7 Å². The minimum absolute atomic E-state index is 0.627. The maximum absolute atomic E-state index is 11.8. The van der Waals surface area contributed by atoms with Gasteiger partial charge in [-0.25, -0.2) is 0 Å². The summed E-state index contributed by atoms with van der Waals surface area (Å²) in [7, 11) is 0. The van der Waals surface area contributed by atoms with Crippen LogP contribution in [0.1, 0.15) is 5.56 Å². The molecule has 3 aromatic heterocycles. The standard InChI is InChI=1S/C79H50N4/c80-51-68-75(52-23-7-1-8-24-52)77(54-27-11-3-12-28-54)79(78(55-29-13-4-14-30-55)76(68)53-25-9-2-10-26-53)83-73-45-41-58(56-39-43-71-64(47-56)62-35-19-21-37-69(62)81(71)60-31-15-5-16-32-60)49-66(73)67-50-59(42-46-74(67)83)57-40-44-72-65(48-57)63-36-20-22-38-70(63)82(72)61-33-17-6-18-34-61/h1-50H. The third kappa shape index (κ3) is 7.67. The molecule has 0 unspecified atom stereocenters. The molecule has 3 heterocycles. The van der Waals surface area contributed by atoms with E-state index in [0.717, 1.165) is 106 Å². The molecule has 16 rings (SSSR count). The van der Waals surface area contributed by atoms with E-state index >= 15 is 0 Å². The van der Waals surface area contributed by atoms with Crippen molar-refractivity contribution in [2.24, 2.45) is 0 Å². The second-order valence-corrected chi connectivity index (χ2v) is 21.4. The molecule has 0 spiro atoms. The maximum atomic E-state index is 11.8. The Hall–Kier alpha value is -11.3. The SMILES string of the molecule is N#Cc1c(-c2ccccc2)c(-c2ccccc2)c(-n2c3ccc(-c4ccc5c(c4)c4ccccc4n5-c4ccccc4)cc3c3cc(-c4ccc5c(c4)c4ccccc4n5-c4ccccc4)ccc32)c(-c2ccccc2)c1-c1ccccc1. The lowest BCUT2D eigenvalue weighted by atomic mass is 9.79. The first-order valence-electron chi connectivity index (χ1n) is 28.3. The quantitative estimate of drug-likeness (QED) is 0.142. The zero-order chi connectivity index (χ0) is 55.0. The molecule has 0 atom stereocenters. The van der Waals surface area contributed by atoms with Crippen molar-refractivity contribution in [3.05, 3.63) is 309 Å². The Balaban J connectivity index is 1.02. The first kappa shape index (κ1) is 47.7. The fraction of sp³-hybridized carbons (Fsp3) is 0. The average Bonchev–Trinajstić information content (AvgIpc) is 2.79. The normalized spacial score (nSPS) is 11.6. The average molecular weight is 1060 g/mol. The van der Waals surface area contributed by atoms with Crippen LogP contribution >= 0.6 is 0 Å². The highest BCUT2D eigenvalue weighted by molar-refractivity contribution is 6.17. The van der Waals surface area contributed by atoms with Crippen molar-refractivity contribution in [1.82, 2.24) is 13.7 Å². The Morgan fingerprint density at radius 2 is 0.482 bits per heavy atom. The minimum Gasteiger partial charge on any atom is -0.309 e. The minimum atomic E-state index is 0.627. The van der Waals surface area contributed by atoms with E-state index in [1.807, 2.05) is 0 Å². The molecule has 0 aliphatic carbocycles. The van der Waals surface area contributed by atoms with E-state index in [2.05, 4.69) is 323 Å². The summed E-state index contributed by atoms with van der Waals surface area (Å²) in [5, 5.41) is 18.9. The van der Waals surface area contributed by atoms with Crippen LogP contribution in [0.5, 0.6) is 0 Å². The molecule has 0 radical (unpaired) electrons. The fourth-order valence-corrected chi connectivity index (χ4v) is 13.3. The second kappa shape index (κ2) is 19.5. The molecule has 13 aromatic carbocycles. The lowest BCUT2D eigenvalue weighted by molar-refractivity contribution is 1.18. The van der Waals surface area contributed by atoms with E-state index in [0.29, 0.717) is 5.56 Å². The summed E-state index contributed by atoms with van der Waals surface area (Å²) in [6.45, 7) is 0. The summed E-state index contributed by atoms with van der Waals surface area (Å²) < 4.78 is 7.27. The van der Waals surface area contributed by atoms with E-state index < -0.39 is 0 Å². The third-order valence-electron chi connectivity index (χ3n) is 16.9. The van der Waals surface area contributed by atoms with Gasteiger partial charge in [0.1, 0.15) is 6.07 Å². The van der Waals surface area contributed by atoms with Gasteiger partial charge in [-0.05, 0) is 129 Å². The number of fused-ring (bicyclic) bond motifs is 9. The van der Waals surface area contributed by atoms with E-state index in [9.17, 15) is 5.26 Å². The summed E-state index contributed by atoms with van der Waals surface area (Å²) in [5.41, 5.74) is 22.9. The summed E-state index contributed by atoms with van der Waals surface area (Å²) in [4.78, 5) is 0. The number of benzene rings is 13. The van der Waals surface area contributed by atoms with Gasteiger partial charge in [0, 0.05) is 65.9 Å². The number of hydrogen-bond donors (Lipinski definition) is 0. The van der Waals surface area contributed by atoms with Gasteiger partial charge in [-0.3, -0.25) is 0 Å². The van der Waals surface area contributed by atoms with E-state index in [1.54, 1.807) is 0 Å². The largest absolute Gasteiger partial charge is 0.309 e. The van der Waals surface area contributed by atoms with Gasteiger partial charge >= 0.3 is 0 Å². The molecule has 0 aliphatic heterocycles. The van der Waals surface area contributed by atoms with Gasteiger partial charge in [0.05, 0.1) is 44.4 Å². The van der Waals surface area contributed by atoms with Crippen molar-refractivity contribution in [3.63, 3.8) is 0 Å². The molecule has 0 bridgehead atoms. The molecule has 386 valence electrons. The lowest BCUT2D eigenvalue weighted by Gasteiger charge is -2.27. The molecule has 4 heteroatoms. The smallest absolute Gasteiger partial charge is 0.100 e. The summed E-state index contributed by atoms with van der Waals surface area (Å²) in [6, 6.07) is 112. The summed E-state index contributed by atoms with van der Waals surface area (Å²) >= 11 is 0. The number of rotatable bonds is 9. The molecule has 0 aliphatic rings. The number of para-hydroxylation sites is 4. The zero-order valence-electron chi connectivity index (χ0n) is 45.2. The van der Waals surface area contributed by atoms with Crippen molar-refractivity contribution in [2.45, 2.75) is 0 Å². The highest BCUT2D eigenvalue weighted by atomic mass is 15.0. The first-order valence-corrected chi connectivity index (χ1v) is 28.3. The Morgan fingerprint density at radius 3 is 0.819 bits per heavy atom. The molecule has 16 aromatic rings. The highest BCUT2D eigenvalue weighted by Crippen LogP contribution is 2.53. The summed E-state index contributed by atoms with van der Waals surface area (Å²) in [6.07, 6.45) is 0. The van der Waals surface area contributed by atoms with Gasteiger partial charge in [-0.1, -0.05) is 218 Å². The van der Waals surface area contributed by atoms with Gasteiger partial charge in [0.25, 0.3) is 0 Å². The van der Waals surface area contributed by atoms with E-state index in [-0.39, 0.29) is 0 Å². The second-order valence-electron chi connectivity index (χ2n) is 21.4. The Labute approximate surface area is 480 Å². The number of aromatic nitrogens is 3. The summed E-state index contributed by atoms with van der Waals surface area (Å²) in [5.74, 6) is 0. The topological polar surface area (TPSA) is 38.6 Å². The van der Waals surface area contributed by atoms with Crippen LogP contribution in [0.25, 0.3) is 149 Å². The van der Waals surface area contributed by atoms with Crippen LogP contribution in [0, 0.1) is 11.3 Å². The zero-order valence-corrected chi connectivity index (χ0v) is 45.2. The van der Waals surface area contributed by atoms with Gasteiger partial charge in [0.15, 0.2) is 0 Å². The Bertz CT molecular complexity index is 4900. The highest BCUT2D eigenvalue weighted by Gasteiger charge is 2.31. The monoisotopic (exact) mass is 1050 g/mol. The van der Waals surface area contributed by atoms with Gasteiger partial charge in [-0.2, -0.15) is 5.26 Å². The van der Waals surface area contributed by atoms with Gasteiger partial charge in [-0.15, -0.1) is 0 Å². The van der Waals surface area contributed by atoms with Crippen molar-refractivity contribution < 1.29 is 0 Å². The van der Waals surface area contributed by atoms with Crippen molar-refractivity contribution in [2.75, 3.05) is 0 Å². The number of nitriles is 1. The molecule has 0 amide bonds. The van der Waals surface area contributed by atoms with Crippen LogP contribution in [0.3, 0.4) is 0 Å². The molecular weight excluding hydrogens is 1000 g/mol. The van der Waals surface area contributed by atoms with Crippen molar-refractivity contribution in [3.8, 4) is 89.9 Å². The predicted molar refractivity (Wildman–Crippen MR) is 347 cm³/mol. The molecule has 0 saturated carbocycles. The first-order chi connectivity index (χ1) is 41.2. The van der Waals surface area contributed by atoms with E-state index in [1.165, 1.54) is 43.6 Å². The fourth-order valence-electron chi connectivity index (χ4n) is 13.3. The number of hydrogen-bond acceptors (Lipinski definition) is 1. The van der Waals surface area contributed by atoms with E-state index in [4.69, 9.17) is 0 Å². The lowest BCUT2D eigenvalue weighted by Crippen LogP contribution is -2.07. The van der Waals surface area contributed by atoms with Crippen LogP contribution < -0.4 is 0 Å². The van der Waals surface area contributed by atoms with Crippen LogP contribution in [0.15, 0.2) is 303 Å². The third-order valence-corrected chi connectivity index (χ3v) is 16.9. The van der Waals surface area contributed by atoms with Crippen molar-refractivity contribution in [1.29, 1.82) is 5.26 Å². The van der Waals surface area contributed by atoms with Crippen LogP contribution in [-0.4, -0.2) is 13.7 Å². The van der Waals surface area contributed by atoms with Crippen molar-refractivity contribution >= 4 is 65.4 Å². The maximum Gasteiger partial charge on any atom is 0.100 e. The predicted octanol–water partition coefficient (Wildman–Crippen LogP) is 20.9. The number of nitrogens with zero attached hydrogens (tertiary/aromatic N) is 4. The molecule has 4 nitrogen and oxygen atoms in total. The Morgan fingerprint density at radius 1 is 0.217 bits per heavy atom. The molecule has 83 heavy (non-hydrogen) atoms. The van der Waals surface area contributed by atoms with Crippen LogP contribution in [-0.2, 0) is 0 Å². The molecule has 0 saturated heterocycles. The molecule has 0 fully saturated rings. The van der Waals surface area contributed by atoms with Crippen LogP contribution in [0.4, 0.5) is 0 Å². The molecule has 0 N–H and O–H groups in total.